The standard InChI is InChI=1S/C25H28N2O3/c1-3-16-26(19-20-12-6-9-15-23(20)30-2)17-10-4-5-11-18-27-24(28)21-13-7-8-14-22(21)25(27)29/h1,6-9,12-15H,4-5,10-11,16-19H2,2H3. The second-order valence-corrected chi connectivity index (χ2v) is 7.45. The van der Waals surface area contributed by atoms with E-state index in [9.17, 15) is 9.59 Å². The molecule has 1 aliphatic heterocycles. The van der Waals surface area contributed by atoms with Crippen LogP contribution in [0.1, 0.15) is 52.0 Å². The highest BCUT2D eigenvalue weighted by Crippen LogP contribution is 2.23. The lowest BCUT2D eigenvalue weighted by molar-refractivity contribution is 0.0651. The zero-order valence-electron chi connectivity index (χ0n) is 17.5. The topological polar surface area (TPSA) is 49.9 Å². The van der Waals surface area contributed by atoms with Crippen LogP contribution in [0.25, 0.3) is 0 Å². The molecular weight excluding hydrogens is 376 g/mol. The number of amides is 2. The lowest BCUT2D eigenvalue weighted by Crippen LogP contribution is -2.30. The number of fused-ring (bicyclic) bond motifs is 1. The summed E-state index contributed by atoms with van der Waals surface area (Å²) in [4.78, 5) is 28.4. The van der Waals surface area contributed by atoms with Gasteiger partial charge < -0.3 is 4.74 Å². The minimum Gasteiger partial charge on any atom is -0.496 e. The molecule has 0 aliphatic carbocycles. The van der Waals surface area contributed by atoms with E-state index in [4.69, 9.17) is 11.2 Å². The average molecular weight is 405 g/mol. The van der Waals surface area contributed by atoms with Gasteiger partial charge in [-0.05, 0) is 37.6 Å². The van der Waals surface area contributed by atoms with E-state index in [1.165, 1.54) is 4.90 Å². The highest BCUT2D eigenvalue weighted by atomic mass is 16.5. The van der Waals surface area contributed by atoms with Crippen molar-refractivity contribution in [3.63, 3.8) is 0 Å². The number of para-hydroxylation sites is 1. The Hall–Kier alpha value is -3.10. The Bertz CT molecular complexity index is 897. The van der Waals surface area contributed by atoms with Crippen molar-refractivity contribution in [3.8, 4) is 18.1 Å². The fraction of sp³-hybridized carbons (Fsp3) is 0.360. The van der Waals surface area contributed by atoms with Gasteiger partial charge in [0.05, 0.1) is 24.8 Å². The number of benzene rings is 2. The van der Waals surface area contributed by atoms with Crippen LogP contribution in [0.15, 0.2) is 48.5 Å². The van der Waals surface area contributed by atoms with Crippen molar-refractivity contribution in [2.75, 3.05) is 26.7 Å². The van der Waals surface area contributed by atoms with Gasteiger partial charge >= 0.3 is 0 Å². The van der Waals surface area contributed by atoms with Crippen molar-refractivity contribution >= 4 is 11.8 Å². The molecule has 0 spiro atoms. The molecule has 0 N–H and O–H groups in total. The summed E-state index contributed by atoms with van der Waals surface area (Å²) in [5.74, 6) is 3.26. The first kappa shape index (κ1) is 21.6. The van der Waals surface area contributed by atoms with Gasteiger partial charge in [0, 0.05) is 18.7 Å². The van der Waals surface area contributed by atoms with E-state index < -0.39 is 0 Å². The molecule has 1 aliphatic rings. The molecule has 3 rings (SSSR count). The van der Waals surface area contributed by atoms with Crippen molar-refractivity contribution in [2.45, 2.75) is 32.2 Å². The van der Waals surface area contributed by atoms with Crippen molar-refractivity contribution in [2.24, 2.45) is 0 Å². The zero-order chi connectivity index (χ0) is 21.3. The van der Waals surface area contributed by atoms with E-state index in [-0.39, 0.29) is 11.8 Å². The highest BCUT2D eigenvalue weighted by molar-refractivity contribution is 6.21. The summed E-state index contributed by atoms with van der Waals surface area (Å²) in [6.07, 6.45) is 9.36. The molecule has 156 valence electrons. The quantitative estimate of drug-likeness (QED) is 0.323. The van der Waals surface area contributed by atoms with Gasteiger partial charge in [0.15, 0.2) is 0 Å². The van der Waals surface area contributed by atoms with Crippen LogP contribution in [0.2, 0.25) is 0 Å². The Labute approximate surface area is 178 Å². The van der Waals surface area contributed by atoms with Crippen LogP contribution in [-0.4, -0.2) is 48.4 Å². The van der Waals surface area contributed by atoms with Gasteiger partial charge in [-0.25, -0.2) is 0 Å². The fourth-order valence-electron chi connectivity index (χ4n) is 3.82. The Morgan fingerprint density at radius 3 is 2.23 bits per heavy atom. The van der Waals surface area contributed by atoms with Crippen molar-refractivity contribution < 1.29 is 14.3 Å². The number of imide groups is 1. The number of carbonyl (C=O) groups excluding carboxylic acids is 2. The summed E-state index contributed by atoms with van der Waals surface area (Å²) in [5.41, 5.74) is 2.16. The van der Waals surface area contributed by atoms with Gasteiger partial charge in [-0.1, -0.05) is 49.1 Å². The van der Waals surface area contributed by atoms with Gasteiger partial charge in [-0.3, -0.25) is 19.4 Å². The Morgan fingerprint density at radius 2 is 1.57 bits per heavy atom. The summed E-state index contributed by atoms with van der Waals surface area (Å²) < 4.78 is 5.43. The first-order chi connectivity index (χ1) is 14.7. The van der Waals surface area contributed by atoms with E-state index in [1.807, 2.05) is 18.2 Å². The molecular formula is C25H28N2O3. The summed E-state index contributed by atoms with van der Waals surface area (Å²) in [6.45, 7) is 2.72. The summed E-state index contributed by atoms with van der Waals surface area (Å²) >= 11 is 0. The van der Waals surface area contributed by atoms with Crippen LogP contribution >= 0.6 is 0 Å². The van der Waals surface area contributed by atoms with Crippen LogP contribution in [0.3, 0.4) is 0 Å². The molecule has 0 saturated heterocycles. The maximum Gasteiger partial charge on any atom is 0.261 e. The third-order valence-electron chi connectivity index (χ3n) is 5.39. The number of hydrogen-bond donors (Lipinski definition) is 0. The third kappa shape index (κ3) is 5.08. The number of ether oxygens (including phenoxy) is 1. The predicted molar refractivity (Wildman–Crippen MR) is 117 cm³/mol. The normalized spacial score (nSPS) is 12.9. The van der Waals surface area contributed by atoms with Crippen LogP contribution in [0.5, 0.6) is 5.75 Å². The molecule has 30 heavy (non-hydrogen) atoms. The predicted octanol–water partition coefficient (Wildman–Crippen LogP) is 3.99. The number of nitrogens with zero attached hydrogens (tertiary/aromatic N) is 2. The third-order valence-corrected chi connectivity index (χ3v) is 5.39. The summed E-state index contributed by atoms with van der Waals surface area (Å²) in [5, 5.41) is 0. The molecule has 2 aromatic rings. The first-order valence-electron chi connectivity index (χ1n) is 10.4. The van der Waals surface area contributed by atoms with Crippen molar-refractivity contribution in [3.05, 3.63) is 65.2 Å². The fourth-order valence-corrected chi connectivity index (χ4v) is 3.82. The van der Waals surface area contributed by atoms with Crippen LogP contribution < -0.4 is 4.74 Å². The van der Waals surface area contributed by atoms with E-state index in [1.54, 1.807) is 31.4 Å². The van der Waals surface area contributed by atoms with E-state index >= 15 is 0 Å². The van der Waals surface area contributed by atoms with Crippen LogP contribution in [0, 0.1) is 12.3 Å². The molecule has 0 atom stereocenters. The second kappa shape index (κ2) is 10.6. The highest BCUT2D eigenvalue weighted by Gasteiger charge is 2.34. The molecule has 2 aromatic carbocycles. The summed E-state index contributed by atoms with van der Waals surface area (Å²) in [6, 6.07) is 15.0. The smallest absolute Gasteiger partial charge is 0.261 e. The average Bonchev–Trinajstić information content (AvgIpc) is 3.01. The molecule has 0 bridgehead atoms. The number of hydrogen-bond acceptors (Lipinski definition) is 4. The van der Waals surface area contributed by atoms with Gasteiger partial charge in [0.1, 0.15) is 5.75 Å². The minimum absolute atomic E-state index is 0.174. The molecule has 2 amide bonds. The molecule has 0 radical (unpaired) electrons. The summed E-state index contributed by atoms with van der Waals surface area (Å²) in [7, 11) is 1.68. The maximum absolute atomic E-state index is 12.4. The zero-order valence-corrected chi connectivity index (χ0v) is 17.5. The van der Waals surface area contributed by atoms with E-state index in [0.717, 1.165) is 50.1 Å². The first-order valence-corrected chi connectivity index (χ1v) is 10.4. The monoisotopic (exact) mass is 404 g/mol. The Morgan fingerprint density at radius 1 is 0.933 bits per heavy atom. The Kier molecular flexibility index (Phi) is 7.64. The van der Waals surface area contributed by atoms with Crippen LogP contribution in [-0.2, 0) is 6.54 Å². The number of unbranched alkanes of at least 4 members (excludes halogenated alkanes) is 3. The number of rotatable bonds is 11. The lowest BCUT2D eigenvalue weighted by atomic mass is 10.1. The van der Waals surface area contributed by atoms with Crippen molar-refractivity contribution in [1.29, 1.82) is 0 Å². The SMILES string of the molecule is C#CCN(CCCCCCN1C(=O)c2ccccc2C1=O)Cc1ccccc1OC. The van der Waals surface area contributed by atoms with Gasteiger partial charge in [-0.2, -0.15) is 0 Å². The number of methoxy groups -OCH3 is 1. The number of carbonyl (C=O) groups is 2. The second-order valence-electron chi connectivity index (χ2n) is 7.45. The van der Waals surface area contributed by atoms with Gasteiger partial charge in [0.25, 0.3) is 11.8 Å². The largest absolute Gasteiger partial charge is 0.496 e. The molecule has 1 heterocycles. The molecule has 0 saturated carbocycles. The molecule has 0 fully saturated rings. The maximum atomic E-state index is 12.4. The minimum atomic E-state index is -0.174. The Balaban J connectivity index is 1.40. The molecule has 5 nitrogen and oxygen atoms in total. The van der Waals surface area contributed by atoms with E-state index in [0.29, 0.717) is 24.2 Å². The van der Waals surface area contributed by atoms with Gasteiger partial charge in [0.2, 0.25) is 0 Å². The van der Waals surface area contributed by atoms with E-state index in [2.05, 4.69) is 16.9 Å². The number of terminal acetylenes is 1. The van der Waals surface area contributed by atoms with Crippen molar-refractivity contribution in [1.82, 2.24) is 9.80 Å². The van der Waals surface area contributed by atoms with Crippen LogP contribution in [0.4, 0.5) is 0 Å². The molecule has 0 aromatic heterocycles. The van der Waals surface area contributed by atoms with Gasteiger partial charge in [-0.15, -0.1) is 6.42 Å². The molecule has 0 unspecified atom stereocenters. The lowest BCUT2D eigenvalue weighted by Gasteiger charge is -2.21. The molecule has 5 heteroatoms.